The molecule has 1 nitrogen and oxygen atoms in total. The first-order valence-corrected chi connectivity index (χ1v) is 6.34. The molecule has 15 heavy (non-hydrogen) atoms. The lowest BCUT2D eigenvalue weighted by Crippen LogP contribution is -2.25. The van der Waals surface area contributed by atoms with Crippen LogP contribution in [0.25, 0.3) is 0 Å². The summed E-state index contributed by atoms with van der Waals surface area (Å²) in [6, 6.07) is 8.11. The van der Waals surface area contributed by atoms with E-state index in [4.69, 9.17) is 5.73 Å². The molecule has 0 bridgehead atoms. The van der Waals surface area contributed by atoms with Crippen molar-refractivity contribution in [1.82, 2.24) is 0 Å². The summed E-state index contributed by atoms with van der Waals surface area (Å²) in [5.41, 5.74) is 5.76. The third-order valence-corrected chi connectivity index (χ3v) is 3.74. The van der Waals surface area contributed by atoms with Gasteiger partial charge in [-0.3, -0.25) is 0 Å². The first-order chi connectivity index (χ1) is 7.07. The molecule has 2 rings (SSSR count). The van der Waals surface area contributed by atoms with E-state index < -0.39 is 5.67 Å². The molecule has 82 valence electrons. The van der Waals surface area contributed by atoms with Crippen LogP contribution in [-0.2, 0) is 6.42 Å². The van der Waals surface area contributed by atoms with E-state index in [0.29, 0.717) is 19.3 Å². The number of benzene rings is 1. The zero-order valence-electron chi connectivity index (χ0n) is 8.55. The molecule has 0 aromatic heterocycles. The van der Waals surface area contributed by atoms with Crippen molar-refractivity contribution in [3.05, 3.63) is 33.4 Å². The lowest BCUT2D eigenvalue weighted by atomic mass is 9.95. The van der Waals surface area contributed by atoms with Crippen LogP contribution in [0.5, 0.6) is 0 Å². The fourth-order valence-corrected chi connectivity index (χ4v) is 2.61. The Balaban J connectivity index is 2.05. The van der Waals surface area contributed by atoms with Crippen LogP contribution in [0.3, 0.4) is 0 Å². The predicted molar refractivity (Wildman–Crippen MR) is 68.5 cm³/mol. The Bertz CT molecular complexity index is 338. The van der Waals surface area contributed by atoms with Gasteiger partial charge < -0.3 is 5.73 Å². The Morgan fingerprint density at radius 1 is 1.40 bits per heavy atom. The topological polar surface area (TPSA) is 26.0 Å². The van der Waals surface area contributed by atoms with Crippen molar-refractivity contribution in [1.29, 1.82) is 0 Å². The van der Waals surface area contributed by atoms with Crippen molar-refractivity contribution in [3.63, 3.8) is 0 Å². The summed E-state index contributed by atoms with van der Waals surface area (Å²) in [4.78, 5) is 0. The number of alkyl halides is 1. The van der Waals surface area contributed by atoms with Gasteiger partial charge in [0.15, 0.2) is 0 Å². The number of nitrogens with two attached hydrogens (primary N) is 1. The molecule has 2 atom stereocenters. The molecule has 1 fully saturated rings. The number of rotatable bonds is 2. The Kier molecular flexibility index (Phi) is 3.30. The summed E-state index contributed by atoms with van der Waals surface area (Å²) in [6.45, 7) is 0. The Labute approximate surface area is 103 Å². The van der Waals surface area contributed by atoms with Crippen LogP contribution in [0.15, 0.2) is 24.3 Å². The third kappa shape index (κ3) is 2.91. The molecule has 1 aliphatic carbocycles. The molecule has 1 saturated carbocycles. The van der Waals surface area contributed by atoms with Crippen molar-refractivity contribution in [3.8, 4) is 0 Å². The Morgan fingerprint density at radius 3 is 2.60 bits per heavy atom. The van der Waals surface area contributed by atoms with Gasteiger partial charge in [-0.1, -0.05) is 12.1 Å². The first-order valence-electron chi connectivity index (χ1n) is 5.26. The van der Waals surface area contributed by atoms with Crippen LogP contribution in [0.1, 0.15) is 24.8 Å². The van der Waals surface area contributed by atoms with Gasteiger partial charge in [0.1, 0.15) is 5.67 Å². The fraction of sp³-hybridized carbons (Fsp3) is 0.500. The maximum atomic E-state index is 14.3. The molecule has 0 amide bonds. The number of halogens is 2. The highest BCUT2D eigenvalue weighted by atomic mass is 127. The molecule has 0 aliphatic heterocycles. The van der Waals surface area contributed by atoms with Gasteiger partial charge in [-0.05, 0) is 59.5 Å². The smallest absolute Gasteiger partial charge is 0.116 e. The molecule has 3 heteroatoms. The molecule has 0 heterocycles. The Morgan fingerprint density at radius 2 is 2.07 bits per heavy atom. The maximum Gasteiger partial charge on any atom is 0.116 e. The van der Waals surface area contributed by atoms with Gasteiger partial charge in [-0.25, -0.2) is 4.39 Å². The zero-order valence-corrected chi connectivity index (χ0v) is 10.7. The summed E-state index contributed by atoms with van der Waals surface area (Å²) in [5.74, 6) is 0. The van der Waals surface area contributed by atoms with Crippen molar-refractivity contribution in [2.45, 2.75) is 37.4 Å². The van der Waals surface area contributed by atoms with Gasteiger partial charge in [-0.15, -0.1) is 0 Å². The highest BCUT2D eigenvalue weighted by Gasteiger charge is 2.37. The van der Waals surface area contributed by atoms with Gasteiger partial charge in [0.25, 0.3) is 0 Å². The molecule has 2 unspecified atom stereocenters. The van der Waals surface area contributed by atoms with E-state index in [9.17, 15) is 4.39 Å². The monoisotopic (exact) mass is 319 g/mol. The summed E-state index contributed by atoms with van der Waals surface area (Å²) in [7, 11) is 0. The van der Waals surface area contributed by atoms with E-state index in [-0.39, 0.29) is 6.04 Å². The van der Waals surface area contributed by atoms with Crippen molar-refractivity contribution >= 4 is 22.6 Å². The predicted octanol–water partition coefficient (Wildman–Crippen LogP) is 3.05. The minimum absolute atomic E-state index is 0.0545. The van der Waals surface area contributed by atoms with E-state index in [2.05, 4.69) is 22.6 Å². The quantitative estimate of drug-likeness (QED) is 0.833. The second-order valence-corrected chi connectivity index (χ2v) is 5.70. The van der Waals surface area contributed by atoms with Gasteiger partial charge >= 0.3 is 0 Å². The van der Waals surface area contributed by atoms with Crippen LogP contribution in [0.4, 0.5) is 4.39 Å². The van der Waals surface area contributed by atoms with Gasteiger partial charge in [0, 0.05) is 16.0 Å². The van der Waals surface area contributed by atoms with Crippen molar-refractivity contribution in [2.24, 2.45) is 5.73 Å². The number of hydrogen-bond acceptors (Lipinski definition) is 1. The second kappa shape index (κ2) is 4.37. The average molecular weight is 319 g/mol. The van der Waals surface area contributed by atoms with E-state index in [0.717, 1.165) is 12.0 Å². The lowest BCUT2D eigenvalue weighted by molar-refractivity contribution is 0.170. The first kappa shape index (κ1) is 11.3. The molecular weight excluding hydrogens is 304 g/mol. The van der Waals surface area contributed by atoms with E-state index in [1.165, 1.54) is 3.57 Å². The molecule has 0 saturated heterocycles. The largest absolute Gasteiger partial charge is 0.328 e. The summed E-state index contributed by atoms with van der Waals surface area (Å²) in [5, 5.41) is 0. The maximum absolute atomic E-state index is 14.3. The SMILES string of the molecule is NC1CCC(F)(Cc2ccc(I)cc2)C1. The van der Waals surface area contributed by atoms with Crippen LogP contribution in [0, 0.1) is 3.57 Å². The third-order valence-electron chi connectivity index (χ3n) is 3.03. The summed E-state index contributed by atoms with van der Waals surface area (Å²) < 4.78 is 15.5. The molecule has 1 aromatic carbocycles. The number of hydrogen-bond donors (Lipinski definition) is 1. The Hall–Kier alpha value is -0.160. The van der Waals surface area contributed by atoms with E-state index >= 15 is 0 Å². The lowest BCUT2D eigenvalue weighted by Gasteiger charge is -2.19. The standard InChI is InChI=1S/C12H15FIN/c13-12(6-5-11(15)8-12)7-9-1-3-10(14)4-2-9/h1-4,11H,5-8,15H2. The van der Waals surface area contributed by atoms with Gasteiger partial charge in [0.05, 0.1) is 0 Å². The fourth-order valence-electron chi connectivity index (χ4n) is 2.25. The molecule has 1 aromatic rings. The highest BCUT2D eigenvalue weighted by Crippen LogP contribution is 2.35. The second-order valence-electron chi connectivity index (χ2n) is 4.46. The molecule has 1 aliphatic rings. The van der Waals surface area contributed by atoms with Crippen LogP contribution < -0.4 is 5.73 Å². The molecule has 0 spiro atoms. The van der Waals surface area contributed by atoms with Crippen molar-refractivity contribution in [2.75, 3.05) is 0 Å². The van der Waals surface area contributed by atoms with Crippen molar-refractivity contribution < 1.29 is 4.39 Å². The molecule has 2 N–H and O–H groups in total. The highest BCUT2D eigenvalue weighted by molar-refractivity contribution is 14.1. The van der Waals surface area contributed by atoms with Gasteiger partial charge in [0.2, 0.25) is 0 Å². The normalized spacial score (nSPS) is 30.7. The molecule has 0 radical (unpaired) electrons. The summed E-state index contributed by atoms with van der Waals surface area (Å²) in [6.07, 6.45) is 2.46. The summed E-state index contributed by atoms with van der Waals surface area (Å²) >= 11 is 2.25. The molecular formula is C12H15FIN. The minimum atomic E-state index is -1.06. The van der Waals surface area contributed by atoms with E-state index in [1.807, 2.05) is 24.3 Å². The van der Waals surface area contributed by atoms with E-state index in [1.54, 1.807) is 0 Å². The van der Waals surface area contributed by atoms with Crippen LogP contribution >= 0.6 is 22.6 Å². The van der Waals surface area contributed by atoms with Crippen LogP contribution in [-0.4, -0.2) is 11.7 Å². The van der Waals surface area contributed by atoms with Crippen LogP contribution in [0.2, 0.25) is 0 Å². The van der Waals surface area contributed by atoms with Gasteiger partial charge in [-0.2, -0.15) is 0 Å². The average Bonchev–Trinajstić information content (AvgIpc) is 2.50. The minimum Gasteiger partial charge on any atom is -0.328 e. The zero-order chi connectivity index (χ0) is 10.9.